The molecule has 0 unspecified atom stereocenters. The number of urea groups is 1. The molecule has 1 aromatic heterocycles. The van der Waals surface area contributed by atoms with Gasteiger partial charge in [-0.15, -0.1) is 0 Å². The predicted octanol–water partition coefficient (Wildman–Crippen LogP) is 1.59. The normalized spacial score (nSPS) is 18.1. The average Bonchev–Trinajstić information content (AvgIpc) is 3.28. The van der Waals surface area contributed by atoms with Crippen molar-refractivity contribution in [2.45, 2.75) is 44.2 Å². The number of carbonyl (C=O) groups excluding carboxylic acids is 3. The van der Waals surface area contributed by atoms with Crippen LogP contribution in [0.25, 0.3) is 5.69 Å². The number of hydrogen-bond donors (Lipinski definition) is 2. The highest BCUT2D eigenvalue weighted by molar-refractivity contribution is 6.08. The minimum Gasteiger partial charge on any atom is -0.322 e. The van der Waals surface area contributed by atoms with Crippen LogP contribution in [0, 0.1) is 0 Å². The van der Waals surface area contributed by atoms with Crippen LogP contribution in [0.1, 0.15) is 37.7 Å². The van der Waals surface area contributed by atoms with E-state index >= 15 is 0 Å². The van der Waals surface area contributed by atoms with Gasteiger partial charge in [-0.1, -0.05) is 37.5 Å². The third-order valence-corrected chi connectivity index (χ3v) is 5.63. The van der Waals surface area contributed by atoms with Crippen LogP contribution in [-0.2, 0) is 16.1 Å². The molecule has 1 saturated heterocycles. The Balaban J connectivity index is 1.31. The molecular formula is C21H26N6O3. The number of rotatable bonds is 6. The van der Waals surface area contributed by atoms with E-state index in [4.69, 9.17) is 0 Å². The number of amides is 4. The van der Waals surface area contributed by atoms with Crippen LogP contribution in [0.15, 0.2) is 42.7 Å². The number of hydrogen-bond acceptors (Lipinski definition) is 5. The molecule has 0 radical (unpaired) electrons. The van der Waals surface area contributed by atoms with E-state index in [1.54, 1.807) is 22.8 Å². The third-order valence-electron chi connectivity index (χ3n) is 5.63. The maximum Gasteiger partial charge on any atom is 0.344 e. The van der Waals surface area contributed by atoms with Crippen molar-refractivity contribution in [2.75, 3.05) is 13.6 Å². The van der Waals surface area contributed by atoms with Crippen LogP contribution in [0.3, 0.4) is 0 Å². The summed E-state index contributed by atoms with van der Waals surface area (Å²) in [6.07, 6.45) is 7.76. The second-order valence-corrected chi connectivity index (χ2v) is 8.05. The Kier molecular flexibility index (Phi) is 5.54. The Labute approximate surface area is 175 Å². The SMILES string of the molecule is CN(CC(=O)NN1C(=O)NC2(CCCCC2)C1=O)Cc1cnn(-c2ccccc2)c1. The van der Waals surface area contributed by atoms with Gasteiger partial charge in [0.2, 0.25) is 0 Å². The standard InChI is InChI=1S/C21H26N6O3/c1-25(13-16-12-22-26(14-16)17-8-4-2-5-9-17)15-18(28)24-27-19(29)21(23-20(27)30)10-6-3-7-11-21/h2,4-5,8-9,12,14H,3,6-7,10-11,13,15H2,1H3,(H,23,30)(H,24,28). The molecule has 2 aliphatic rings. The molecule has 1 aliphatic carbocycles. The molecular weight excluding hydrogens is 384 g/mol. The van der Waals surface area contributed by atoms with E-state index in [2.05, 4.69) is 15.8 Å². The Morgan fingerprint density at radius 3 is 2.67 bits per heavy atom. The molecule has 0 atom stereocenters. The number of nitrogens with one attached hydrogen (secondary N) is 2. The summed E-state index contributed by atoms with van der Waals surface area (Å²) in [5.74, 6) is -0.767. The fourth-order valence-electron chi connectivity index (χ4n) is 4.15. The van der Waals surface area contributed by atoms with Crippen LogP contribution < -0.4 is 10.7 Å². The summed E-state index contributed by atoms with van der Waals surface area (Å²) in [5, 5.41) is 7.98. The topological polar surface area (TPSA) is 99.6 Å². The van der Waals surface area contributed by atoms with Crippen LogP contribution >= 0.6 is 0 Å². The second kappa shape index (κ2) is 8.27. The van der Waals surface area contributed by atoms with Crippen molar-refractivity contribution in [1.29, 1.82) is 0 Å². The zero-order valence-electron chi connectivity index (χ0n) is 17.0. The zero-order chi connectivity index (χ0) is 21.1. The molecule has 0 bridgehead atoms. The van der Waals surface area contributed by atoms with Crippen LogP contribution in [0.2, 0.25) is 0 Å². The molecule has 9 nitrogen and oxygen atoms in total. The summed E-state index contributed by atoms with van der Waals surface area (Å²) < 4.78 is 1.78. The first-order valence-electron chi connectivity index (χ1n) is 10.2. The number of likely N-dealkylation sites (N-methyl/N-ethyl adjacent to an activating group) is 1. The highest BCUT2D eigenvalue weighted by Crippen LogP contribution is 2.32. The van der Waals surface area contributed by atoms with Gasteiger partial charge in [-0.25, -0.2) is 9.48 Å². The lowest BCUT2D eigenvalue weighted by Crippen LogP contribution is -2.52. The highest BCUT2D eigenvalue weighted by atomic mass is 16.2. The summed E-state index contributed by atoms with van der Waals surface area (Å²) in [6, 6.07) is 9.21. The van der Waals surface area contributed by atoms with Crippen LogP contribution in [-0.4, -0.2) is 56.7 Å². The van der Waals surface area contributed by atoms with Gasteiger partial charge in [0.25, 0.3) is 11.8 Å². The molecule has 1 spiro atoms. The summed E-state index contributed by atoms with van der Waals surface area (Å²) in [7, 11) is 1.80. The van der Waals surface area contributed by atoms with Crippen molar-refractivity contribution in [3.8, 4) is 5.69 Å². The maximum atomic E-state index is 12.7. The molecule has 158 valence electrons. The zero-order valence-corrected chi connectivity index (χ0v) is 17.0. The molecule has 2 N–H and O–H groups in total. The van der Waals surface area contributed by atoms with E-state index in [9.17, 15) is 14.4 Å². The quantitative estimate of drug-likeness (QED) is 0.705. The predicted molar refractivity (Wildman–Crippen MR) is 109 cm³/mol. The van der Waals surface area contributed by atoms with E-state index in [0.717, 1.165) is 35.5 Å². The number of carbonyl (C=O) groups is 3. The lowest BCUT2D eigenvalue weighted by atomic mass is 9.82. The number of nitrogens with zero attached hydrogens (tertiary/aromatic N) is 4. The molecule has 2 heterocycles. The van der Waals surface area contributed by atoms with Crippen molar-refractivity contribution >= 4 is 17.8 Å². The van der Waals surface area contributed by atoms with Crippen LogP contribution in [0.5, 0.6) is 0 Å². The lowest BCUT2D eigenvalue weighted by molar-refractivity contribution is -0.140. The van der Waals surface area contributed by atoms with Crippen LogP contribution in [0.4, 0.5) is 4.79 Å². The molecule has 2 aromatic rings. The molecule has 2 fully saturated rings. The van der Waals surface area contributed by atoms with Crippen molar-refractivity contribution < 1.29 is 14.4 Å². The second-order valence-electron chi connectivity index (χ2n) is 8.05. The summed E-state index contributed by atoms with van der Waals surface area (Å²) in [5.41, 5.74) is 3.53. The van der Waals surface area contributed by atoms with E-state index in [0.29, 0.717) is 19.4 Å². The summed E-state index contributed by atoms with van der Waals surface area (Å²) >= 11 is 0. The summed E-state index contributed by atoms with van der Waals surface area (Å²) in [6.45, 7) is 0.547. The molecule has 30 heavy (non-hydrogen) atoms. The number of imide groups is 1. The smallest absolute Gasteiger partial charge is 0.322 e. The lowest BCUT2D eigenvalue weighted by Gasteiger charge is -2.30. The first kappa shape index (κ1) is 20.1. The highest BCUT2D eigenvalue weighted by Gasteiger charge is 2.52. The van der Waals surface area contributed by atoms with Gasteiger partial charge in [-0.3, -0.25) is 19.9 Å². The first-order chi connectivity index (χ1) is 14.5. The molecule has 9 heteroatoms. The number of hydrazine groups is 1. The first-order valence-corrected chi connectivity index (χ1v) is 10.2. The minimum atomic E-state index is -0.847. The summed E-state index contributed by atoms with van der Waals surface area (Å²) in [4.78, 5) is 39.3. The van der Waals surface area contributed by atoms with E-state index in [-0.39, 0.29) is 12.5 Å². The molecule has 1 aliphatic heterocycles. The Morgan fingerprint density at radius 2 is 1.93 bits per heavy atom. The van der Waals surface area contributed by atoms with Gasteiger partial charge in [-0.2, -0.15) is 10.1 Å². The van der Waals surface area contributed by atoms with Crippen molar-refractivity contribution in [3.63, 3.8) is 0 Å². The molecule has 4 rings (SSSR count). The number of benzene rings is 1. The largest absolute Gasteiger partial charge is 0.344 e. The van der Waals surface area contributed by atoms with Gasteiger partial charge in [0, 0.05) is 18.3 Å². The number of aromatic nitrogens is 2. The van der Waals surface area contributed by atoms with E-state index in [1.165, 1.54) is 0 Å². The third kappa shape index (κ3) is 4.06. The number of para-hydroxylation sites is 1. The average molecular weight is 410 g/mol. The molecule has 1 aromatic carbocycles. The fraction of sp³-hybridized carbons (Fsp3) is 0.429. The van der Waals surface area contributed by atoms with Crippen molar-refractivity contribution in [2.24, 2.45) is 0 Å². The van der Waals surface area contributed by atoms with Gasteiger partial charge in [0.1, 0.15) is 5.54 Å². The molecule has 4 amide bonds. The Hall–Kier alpha value is -3.20. The monoisotopic (exact) mass is 410 g/mol. The van der Waals surface area contributed by atoms with E-state index in [1.807, 2.05) is 36.5 Å². The van der Waals surface area contributed by atoms with E-state index < -0.39 is 17.5 Å². The van der Waals surface area contributed by atoms with Crippen molar-refractivity contribution in [3.05, 3.63) is 48.3 Å². The van der Waals surface area contributed by atoms with Gasteiger partial charge in [-0.05, 0) is 32.0 Å². The van der Waals surface area contributed by atoms with Gasteiger partial charge in [0.05, 0.1) is 18.4 Å². The van der Waals surface area contributed by atoms with Crippen molar-refractivity contribution in [1.82, 2.24) is 30.4 Å². The minimum absolute atomic E-state index is 0.0422. The van der Waals surface area contributed by atoms with Gasteiger partial charge in [0.15, 0.2) is 0 Å². The van der Waals surface area contributed by atoms with Gasteiger partial charge < -0.3 is 5.32 Å². The molecule has 1 saturated carbocycles. The fourth-order valence-corrected chi connectivity index (χ4v) is 4.15. The van der Waals surface area contributed by atoms with Gasteiger partial charge >= 0.3 is 6.03 Å². The Morgan fingerprint density at radius 1 is 1.20 bits per heavy atom. The Bertz CT molecular complexity index is 935. The maximum absolute atomic E-state index is 12.7.